The Kier molecular flexibility index (Phi) is 3.55. The van der Waals surface area contributed by atoms with Crippen LogP contribution in [-0.2, 0) is 13.6 Å². The summed E-state index contributed by atoms with van der Waals surface area (Å²) < 4.78 is 2.65. The van der Waals surface area contributed by atoms with E-state index in [2.05, 4.69) is 5.32 Å². The molecule has 0 aliphatic heterocycles. The van der Waals surface area contributed by atoms with Crippen LogP contribution in [0.5, 0.6) is 0 Å². The topological polar surface area (TPSA) is 82.0 Å². The van der Waals surface area contributed by atoms with Gasteiger partial charge in [-0.1, -0.05) is 13.3 Å². The van der Waals surface area contributed by atoms with Crippen LogP contribution in [0.15, 0.2) is 9.59 Å². The predicted molar refractivity (Wildman–Crippen MR) is 83.5 cm³/mol. The fourth-order valence-corrected chi connectivity index (χ4v) is 3.97. The van der Waals surface area contributed by atoms with Gasteiger partial charge in [0, 0.05) is 19.6 Å². The van der Waals surface area contributed by atoms with Gasteiger partial charge in [0.25, 0.3) is 5.56 Å². The molecule has 0 saturated heterocycles. The van der Waals surface area contributed by atoms with Crippen molar-refractivity contribution in [3.8, 4) is 0 Å². The van der Waals surface area contributed by atoms with Crippen molar-refractivity contribution in [1.29, 1.82) is 0 Å². The SMILES string of the molecule is CCCn1c(N)c(NC2CC3CCC2C3)c(=O)n(C)c1=O. The summed E-state index contributed by atoms with van der Waals surface area (Å²) in [5.74, 6) is 1.72. The normalized spacial score (nSPS) is 27.2. The number of rotatable bonds is 4. The summed E-state index contributed by atoms with van der Waals surface area (Å²) in [6.45, 7) is 2.52. The van der Waals surface area contributed by atoms with Gasteiger partial charge in [-0.15, -0.1) is 0 Å². The van der Waals surface area contributed by atoms with E-state index in [0.717, 1.165) is 23.3 Å². The summed E-state index contributed by atoms with van der Waals surface area (Å²) in [7, 11) is 1.52. The van der Waals surface area contributed by atoms with Crippen LogP contribution in [0.3, 0.4) is 0 Å². The Balaban J connectivity index is 1.98. The summed E-state index contributed by atoms with van der Waals surface area (Å²) in [6, 6.07) is 0.325. The van der Waals surface area contributed by atoms with Gasteiger partial charge in [-0.3, -0.25) is 13.9 Å². The van der Waals surface area contributed by atoms with E-state index >= 15 is 0 Å². The zero-order chi connectivity index (χ0) is 15.1. The van der Waals surface area contributed by atoms with Crippen molar-refractivity contribution in [2.75, 3.05) is 11.1 Å². The smallest absolute Gasteiger partial charge is 0.332 e. The van der Waals surface area contributed by atoms with Crippen molar-refractivity contribution < 1.29 is 0 Å². The Bertz CT molecular complexity index is 661. The van der Waals surface area contributed by atoms with Crippen LogP contribution in [0.1, 0.15) is 39.0 Å². The standard InChI is InChI=1S/C15H24N4O2/c1-3-6-19-13(16)12(14(20)18(2)15(19)21)17-11-8-9-4-5-10(11)7-9/h9-11,17H,3-8,16H2,1-2H3. The second-order valence-electron chi connectivity index (χ2n) is 6.48. The van der Waals surface area contributed by atoms with Gasteiger partial charge >= 0.3 is 5.69 Å². The minimum absolute atomic E-state index is 0.285. The lowest BCUT2D eigenvalue weighted by atomic mass is 9.95. The summed E-state index contributed by atoms with van der Waals surface area (Å²) >= 11 is 0. The fourth-order valence-electron chi connectivity index (χ4n) is 3.97. The Hall–Kier alpha value is -1.72. The van der Waals surface area contributed by atoms with Crippen molar-refractivity contribution in [1.82, 2.24) is 9.13 Å². The largest absolute Gasteiger partial charge is 0.383 e. The van der Waals surface area contributed by atoms with E-state index < -0.39 is 0 Å². The minimum Gasteiger partial charge on any atom is -0.383 e. The van der Waals surface area contributed by atoms with E-state index in [1.165, 1.54) is 30.9 Å². The van der Waals surface area contributed by atoms with E-state index in [4.69, 9.17) is 5.73 Å². The highest BCUT2D eigenvalue weighted by atomic mass is 16.2. The lowest BCUT2D eigenvalue weighted by molar-refractivity contribution is 0.438. The third-order valence-corrected chi connectivity index (χ3v) is 5.10. The lowest BCUT2D eigenvalue weighted by Gasteiger charge is -2.25. The number of hydrogen-bond donors (Lipinski definition) is 2. The molecule has 0 amide bonds. The number of aromatic nitrogens is 2. The molecular weight excluding hydrogens is 268 g/mol. The summed E-state index contributed by atoms with van der Waals surface area (Å²) in [4.78, 5) is 24.5. The molecule has 3 rings (SSSR count). The molecule has 2 saturated carbocycles. The van der Waals surface area contributed by atoms with E-state index in [1.54, 1.807) is 0 Å². The molecule has 1 aromatic rings. The van der Waals surface area contributed by atoms with Crippen LogP contribution >= 0.6 is 0 Å². The van der Waals surface area contributed by atoms with Crippen LogP contribution in [0.4, 0.5) is 11.5 Å². The third kappa shape index (κ3) is 2.26. The van der Waals surface area contributed by atoms with Gasteiger partial charge in [0.2, 0.25) is 0 Å². The molecule has 116 valence electrons. The maximum absolute atomic E-state index is 12.4. The Morgan fingerprint density at radius 1 is 1.29 bits per heavy atom. The molecule has 1 aromatic heterocycles. The van der Waals surface area contributed by atoms with Gasteiger partial charge in [-0.2, -0.15) is 0 Å². The molecule has 0 spiro atoms. The first-order valence-electron chi connectivity index (χ1n) is 7.88. The number of nitrogens with one attached hydrogen (secondary N) is 1. The highest BCUT2D eigenvalue weighted by Gasteiger charge is 2.40. The average Bonchev–Trinajstić information content (AvgIpc) is 3.08. The molecule has 6 heteroatoms. The maximum atomic E-state index is 12.4. The van der Waals surface area contributed by atoms with Gasteiger partial charge in [0.15, 0.2) is 0 Å². The van der Waals surface area contributed by atoms with E-state index in [9.17, 15) is 9.59 Å². The van der Waals surface area contributed by atoms with Crippen molar-refractivity contribution >= 4 is 11.5 Å². The molecule has 2 fully saturated rings. The summed E-state index contributed by atoms with van der Waals surface area (Å²) in [5, 5.41) is 3.36. The van der Waals surface area contributed by atoms with E-state index in [0.29, 0.717) is 24.2 Å². The van der Waals surface area contributed by atoms with E-state index in [1.807, 2.05) is 6.92 Å². The predicted octanol–water partition coefficient (Wildman–Crippen LogP) is 1.14. The number of nitrogens with two attached hydrogens (primary N) is 1. The first kappa shape index (κ1) is 14.2. The summed E-state index contributed by atoms with van der Waals surface area (Å²) in [5.41, 5.74) is 5.86. The fraction of sp³-hybridized carbons (Fsp3) is 0.733. The zero-order valence-corrected chi connectivity index (χ0v) is 12.8. The molecule has 3 unspecified atom stereocenters. The maximum Gasteiger partial charge on any atom is 0.332 e. The zero-order valence-electron chi connectivity index (χ0n) is 12.8. The Labute approximate surface area is 124 Å². The van der Waals surface area contributed by atoms with Crippen molar-refractivity contribution in [2.45, 2.75) is 51.6 Å². The average molecular weight is 292 g/mol. The number of nitrogen functional groups attached to an aromatic ring is 1. The quantitative estimate of drug-likeness (QED) is 0.872. The van der Waals surface area contributed by atoms with Gasteiger partial charge in [-0.25, -0.2) is 4.79 Å². The monoisotopic (exact) mass is 292 g/mol. The highest BCUT2D eigenvalue weighted by molar-refractivity contribution is 5.61. The van der Waals surface area contributed by atoms with Crippen LogP contribution in [0, 0.1) is 11.8 Å². The van der Waals surface area contributed by atoms with Crippen LogP contribution in [-0.4, -0.2) is 15.2 Å². The van der Waals surface area contributed by atoms with Crippen LogP contribution in [0.2, 0.25) is 0 Å². The molecule has 0 aromatic carbocycles. The number of fused-ring (bicyclic) bond motifs is 2. The molecular formula is C15H24N4O2. The number of anilines is 2. The highest BCUT2D eigenvalue weighted by Crippen LogP contribution is 2.45. The van der Waals surface area contributed by atoms with Gasteiger partial charge in [0.05, 0.1) is 0 Å². The molecule has 2 bridgehead atoms. The second-order valence-corrected chi connectivity index (χ2v) is 6.48. The minimum atomic E-state index is -0.335. The third-order valence-electron chi connectivity index (χ3n) is 5.10. The molecule has 2 aliphatic carbocycles. The number of nitrogens with zero attached hydrogens (tertiary/aromatic N) is 2. The molecule has 1 heterocycles. The lowest BCUT2D eigenvalue weighted by Crippen LogP contribution is -2.42. The van der Waals surface area contributed by atoms with Crippen molar-refractivity contribution in [3.05, 3.63) is 20.8 Å². The molecule has 3 atom stereocenters. The second kappa shape index (κ2) is 5.24. The number of hydrogen-bond acceptors (Lipinski definition) is 4. The molecule has 21 heavy (non-hydrogen) atoms. The first-order chi connectivity index (χ1) is 10.0. The van der Waals surface area contributed by atoms with Crippen molar-refractivity contribution in [2.24, 2.45) is 18.9 Å². The van der Waals surface area contributed by atoms with Crippen LogP contribution < -0.4 is 22.3 Å². The molecule has 0 radical (unpaired) electrons. The van der Waals surface area contributed by atoms with Gasteiger partial charge < -0.3 is 11.1 Å². The van der Waals surface area contributed by atoms with Crippen molar-refractivity contribution in [3.63, 3.8) is 0 Å². The first-order valence-corrected chi connectivity index (χ1v) is 7.88. The molecule has 6 nitrogen and oxygen atoms in total. The Morgan fingerprint density at radius 2 is 2.05 bits per heavy atom. The van der Waals surface area contributed by atoms with Crippen LogP contribution in [0.25, 0.3) is 0 Å². The summed E-state index contributed by atoms with van der Waals surface area (Å²) in [6.07, 6.45) is 5.71. The van der Waals surface area contributed by atoms with Gasteiger partial charge in [-0.05, 0) is 37.5 Å². The Morgan fingerprint density at radius 3 is 2.62 bits per heavy atom. The van der Waals surface area contributed by atoms with Gasteiger partial charge in [0.1, 0.15) is 11.5 Å². The molecule has 2 aliphatic rings. The van der Waals surface area contributed by atoms with E-state index in [-0.39, 0.29) is 17.1 Å². The molecule has 3 N–H and O–H groups in total.